The highest BCUT2D eigenvalue weighted by Crippen LogP contribution is 2.38. The standard InChI is InChI=1S/C22H24FN3O3S/c23-19-8-4-7-18(13-19)15-26-20(27)16-30(29)22(26)9-11-25(12-10-22)21(28)24-14-17-5-2-1-3-6-17/h1-8,13H,9-12,14-16H2,(H,24,28). The zero-order valence-corrected chi connectivity index (χ0v) is 17.4. The number of amides is 3. The van der Waals surface area contributed by atoms with E-state index in [0.717, 1.165) is 5.56 Å². The van der Waals surface area contributed by atoms with E-state index >= 15 is 0 Å². The van der Waals surface area contributed by atoms with Gasteiger partial charge in [0.25, 0.3) is 0 Å². The van der Waals surface area contributed by atoms with Crippen molar-refractivity contribution in [2.75, 3.05) is 18.8 Å². The average molecular weight is 430 g/mol. The number of carbonyl (C=O) groups is 2. The van der Waals surface area contributed by atoms with Gasteiger partial charge in [-0.25, -0.2) is 9.18 Å². The SMILES string of the molecule is O=C(NCc1ccccc1)N1CCC2(CC1)N(Cc1cccc(F)c1)C(=O)CS2=O. The number of urea groups is 1. The van der Waals surface area contributed by atoms with Gasteiger partial charge in [-0.3, -0.25) is 9.00 Å². The van der Waals surface area contributed by atoms with Crippen LogP contribution < -0.4 is 5.32 Å². The lowest BCUT2D eigenvalue weighted by molar-refractivity contribution is -0.131. The number of nitrogens with one attached hydrogen (secondary N) is 1. The molecule has 2 heterocycles. The molecule has 30 heavy (non-hydrogen) atoms. The normalized spacial score (nSPS) is 20.6. The van der Waals surface area contributed by atoms with Crippen molar-refractivity contribution in [3.8, 4) is 0 Å². The molecule has 1 atom stereocenters. The Morgan fingerprint density at radius 1 is 1.07 bits per heavy atom. The Morgan fingerprint density at radius 3 is 2.47 bits per heavy atom. The third-order valence-corrected chi connectivity index (χ3v) is 7.80. The highest BCUT2D eigenvalue weighted by molar-refractivity contribution is 7.87. The summed E-state index contributed by atoms with van der Waals surface area (Å²) in [4.78, 5) is 27.7. The molecular weight excluding hydrogens is 405 g/mol. The van der Waals surface area contributed by atoms with Crippen LogP contribution in [0.2, 0.25) is 0 Å². The summed E-state index contributed by atoms with van der Waals surface area (Å²) in [7, 11) is -1.34. The van der Waals surface area contributed by atoms with E-state index in [-0.39, 0.29) is 30.1 Å². The fourth-order valence-corrected chi connectivity index (χ4v) is 5.87. The van der Waals surface area contributed by atoms with Gasteiger partial charge >= 0.3 is 6.03 Å². The topological polar surface area (TPSA) is 69.7 Å². The van der Waals surface area contributed by atoms with Crippen LogP contribution in [0.4, 0.5) is 9.18 Å². The molecule has 0 aromatic heterocycles. The minimum Gasteiger partial charge on any atom is -0.334 e. The number of piperidine rings is 1. The van der Waals surface area contributed by atoms with Crippen LogP contribution in [-0.2, 0) is 28.7 Å². The summed E-state index contributed by atoms with van der Waals surface area (Å²) < 4.78 is 26.4. The van der Waals surface area contributed by atoms with Crippen LogP contribution in [-0.4, -0.2) is 49.7 Å². The summed E-state index contributed by atoms with van der Waals surface area (Å²) in [6, 6.07) is 15.6. The maximum absolute atomic E-state index is 13.6. The minimum absolute atomic E-state index is 0.0183. The first kappa shape index (κ1) is 20.5. The van der Waals surface area contributed by atoms with Gasteiger partial charge in [0.05, 0.1) is 10.8 Å². The minimum atomic E-state index is -1.34. The van der Waals surface area contributed by atoms with E-state index in [1.807, 2.05) is 30.3 Å². The number of halogens is 1. The molecule has 2 aliphatic heterocycles. The molecule has 0 aliphatic carbocycles. The van der Waals surface area contributed by atoms with Crippen molar-refractivity contribution in [3.63, 3.8) is 0 Å². The molecule has 4 rings (SSSR count). The molecule has 0 radical (unpaired) electrons. The van der Waals surface area contributed by atoms with E-state index in [9.17, 15) is 18.2 Å². The lowest BCUT2D eigenvalue weighted by Gasteiger charge is -2.43. The third-order valence-electron chi connectivity index (χ3n) is 5.82. The molecule has 1 spiro atoms. The zero-order chi connectivity index (χ0) is 21.1. The van der Waals surface area contributed by atoms with Crippen molar-refractivity contribution in [3.05, 3.63) is 71.5 Å². The molecular formula is C22H24FN3O3S. The number of hydrogen-bond acceptors (Lipinski definition) is 3. The van der Waals surface area contributed by atoms with E-state index in [0.29, 0.717) is 38.0 Å². The third kappa shape index (κ3) is 4.09. The number of nitrogens with zero attached hydrogens (tertiary/aromatic N) is 2. The maximum atomic E-state index is 13.6. The molecule has 0 bridgehead atoms. The molecule has 1 unspecified atom stereocenters. The molecule has 2 aromatic carbocycles. The number of carbonyl (C=O) groups excluding carboxylic acids is 2. The van der Waals surface area contributed by atoms with Gasteiger partial charge in [-0.15, -0.1) is 0 Å². The fraction of sp³-hybridized carbons (Fsp3) is 0.364. The molecule has 3 amide bonds. The van der Waals surface area contributed by atoms with Crippen LogP contribution in [0.1, 0.15) is 24.0 Å². The predicted octanol–water partition coefficient (Wildman–Crippen LogP) is 2.62. The lowest BCUT2D eigenvalue weighted by Crippen LogP contribution is -2.56. The second kappa shape index (κ2) is 8.55. The molecule has 1 N–H and O–H groups in total. The highest BCUT2D eigenvalue weighted by Gasteiger charge is 2.53. The fourth-order valence-electron chi connectivity index (χ4n) is 4.17. The monoisotopic (exact) mass is 429 g/mol. The summed E-state index contributed by atoms with van der Waals surface area (Å²) in [6.07, 6.45) is 0.888. The van der Waals surface area contributed by atoms with Crippen LogP contribution in [0.25, 0.3) is 0 Å². The van der Waals surface area contributed by atoms with Crippen molar-refractivity contribution >= 4 is 22.7 Å². The Bertz CT molecular complexity index is 961. The molecule has 2 fully saturated rings. The summed E-state index contributed by atoms with van der Waals surface area (Å²) in [5.74, 6) is -0.561. The van der Waals surface area contributed by atoms with Crippen LogP contribution in [0, 0.1) is 5.82 Å². The zero-order valence-electron chi connectivity index (χ0n) is 16.6. The van der Waals surface area contributed by atoms with Crippen LogP contribution >= 0.6 is 0 Å². The summed E-state index contributed by atoms with van der Waals surface area (Å²) in [5, 5.41) is 2.91. The predicted molar refractivity (Wildman–Crippen MR) is 112 cm³/mol. The molecule has 158 valence electrons. The van der Waals surface area contributed by atoms with Gasteiger partial charge in [0, 0.05) is 39.0 Å². The summed E-state index contributed by atoms with van der Waals surface area (Å²) in [6.45, 7) is 1.50. The molecule has 2 aromatic rings. The van der Waals surface area contributed by atoms with Gasteiger partial charge in [0.1, 0.15) is 16.4 Å². The van der Waals surface area contributed by atoms with Gasteiger partial charge in [-0.2, -0.15) is 0 Å². The summed E-state index contributed by atoms with van der Waals surface area (Å²) in [5.41, 5.74) is 1.69. The van der Waals surface area contributed by atoms with Crippen molar-refractivity contribution in [2.24, 2.45) is 0 Å². The first-order valence-corrected chi connectivity index (χ1v) is 11.3. The second-order valence-corrected chi connectivity index (χ2v) is 9.42. The molecule has 2 aliphatic rings. The Morgan fingerprint density at radius 2 is 1.77 bits per heavy atom. The second-order valence-electron chi connectivity index (χ2n) is 7.68. The first-order chi connectivity index (χ1) is 14.5. The van der Waals surface area contributed by atoms with Crippen LogP contribution in [0.3, 0.4) is 0 Å². The molecule has 0 saturated carbocycles. The van der Waals surface area contributed by atoms with Crippen LogP contribution in [0.15, 0.2) is 54.6 Å². The van der Waals surface area contributed by atoms with Crippen molar-refractivity contribution < 1.29 is 18.2 Å². The lowest BCUT2D eigenvalue weighted by atomic mass is 10.0. The number of benzene rings is 2. The van der Waals surface area contributed by atoms with E-state index < -0.39 is 15.7 Å². The number of rotatable bonds is 4. The van der Waals surface area contributed by atoms with Gasteiger partial charge in [-0.05, 0) is 23.3 Å². The van der Waals surface area contributed by atoms with E-state index in [1.165, 1.54) is 12.1 Å². The quantitative estimate of drug-likeness (QED) is 0.812. The Kier molecular flexibility index (Phi) is 5.85. The van der Waals surface area contributed by atoms with Gasteiger partial charge in [0.2, 0.25) is 5.91 Å². The number of likely N-dealkylation sites (tertiary alicyclic amines) is 1. The number of hydrogen-bond donors (Lipinski definition) is 1. The Balaban J connectivity index is 1.41. The van der Waals surface area contributed by atoms with Crippen molar-refractivity contribution in [2.45, 2.75) is 30.8 Å². The molecule has 2 saturated heterocycles. The van der Waals surface area contributed by atoms with Crippen molar-refractivity contribution in [1.82, 2.24) is 15.1 Å². The van der Waals surface area contributed by atoms with Gasteiger partial charge in [-0.1, -0.05) is 42.5 Å². The Labute approximate surface area is 177 Å². The summed E-state index contributed by atoms with van der Waals surface area (Å²) >= 11 is 0. The van der Waals surface area contributed by atoms with E-state index in [2.05, 4.69) is 5.32 Å². The van der Waals surface area contributed by atoms with E-state index in [4.69, 9.17) is 0 Å². The smallest absolute Gasteiger partial charge is 0.317 e. The highest BCUT2D eigenvalue weighted by atomic mass is 32.2. The first-order valence-electron chi connectivity index (χ1n) is 9.98. The van der Waals surface area contributed by atoms with Gasteiger partial charge < -0.3 is 15.1 Å². The van der Waals surface area contributed by atoms with Crippen LogP contribution in [0.5, 0.6) is 0 Å². The van der Waals surface area contributed by atoms with E-state index in [1.54, 1.807) is 21.9 Å². The molecule has 8 heteroatoms. The largest absolute Gasteiger partial charge is 0.334 e. The van der Waals surface area contributed by atoms with Crippen molar-refractivity contribution in [1.29, 1.82) is 0 Å². The Hall–Kier alpha value is -2.74. The van der Waals surface area contributed by atoms with Gasteiger partial charge in [0.15, 0.2) is 0 Å². The molecule has 6 nitrogen and oxygen atoms in total. The maximum Gasteiger partial charge on any atom is 0.317 e. The average Bonchev–Trinajstić information content (AvgIpc) is 2.97.